The summed E-state index contributed by atoms with van der Waals surface area (Å²) in [5.74, 6) is 0.148. The molecule has 1 rings (SSSR count). The summed E-state index contributed by atoms with van der Waals surface area (Å²) in [5, 5.41) is 9.10. The molecular weight excluding hydrogens is 262 g/mol. The van der Waals surface area contributed by atoms with Gasteiger partial charge in [0.05, 0.1) is 16.2 Å². The van der Waals surface area contributed by atoms with Crippen LogP contribution in [-0.4, -0.2) is 31.4 Å². The fourth-order valence-electron chi connectivity index (χ4n) is 1.90. The van der Waals surface area contributed by atoms with E-state index in [1.165, 1.54) is 0 Å². The maximum atomic E-state index is 12.0. The third-order valence-electron chi connectivity index (χ3n) is 3.30. The van der Waals surface area contributed by atoms with Gasteiger partial charge in [0.2, 0.25) is 0 Å². The Morgan fingerprint density at radius 3 is 2.11 bits per heavy atom. The van der Waals surface area contributed by atoms with Gasteiger partial charge in [-0.2, -0.15) is 0 Å². The number of rotatable bonds is 6. The Bertz CT molecular complexity index is 494. The van der Waals surface area contributed by atoms with Crippen LogP contribution < -0.4 is 5.73 Å². The highest BCUT2D eigenvalue weighted by molar-refractivity contribution is 7.92. The van der Waals surface area contributed by atoms with Crippen molar-refractivity contribution in [3.63, 3.8) is 0 Å². The molecule has 5 heteroatoms. The van der Waals surface area contributed by atoms with E-state index in [0.29, 0.717) is 11.3 Å². The van der Waals surface area contributed by atoms with E-state index in [4.69, 9.17) is 5.73 Å². The van der Waals surface area contributed by atoms with Gasteiger partial charge >= 0.3 is 0 Å². The molecule has 0 spiro atoms. The zero-order valence-corrected chi connectivity index (χ0v) is 12.5. The van der Waals surface area contributed by atoms with Gasteiger partial charge in [-0.3, -0.25) is 0 Å². The maximum Gasteiger partial charge on any atom is 0.180 e. The van der Waals surface area contributed by atoms with Crippen molar-refractivity contribution < 1.29 is 13.5 Å². The van der Waals surface area contributed by atoms with Gasteiger partial charge in [-0.25, -0.2) is 8.42 Å². The van der Waals surface area contributed by atoms with Crippen LogP contribution in [0.3, 0.4) is 0 Å². The summed E-state index contributed by atoms with van der Waals surface area (Å²) in [6.45, 7) is 5.57. The fraction of sp³-hybridized carbons (Fsp3) is 0.571. The van der Waals surface area contributed by atoms with Crippen molar-refractivity contribution in [2.75, 3.05) is 6.54 Å². The molecule has 2 unspecified atom stereocenters. The summed E-state index contributed by atoms with van der Waals surface area (Å²) in [7, 11) is -3.22. The molecule has 19 heavy (non-hydrogen) atoms. The minimum Gasteiger partial charge on any atom is -0.392 e. The highest BCUT2D eigenvalue weighted by Gasteiger charge is 2.19. The standard InChI is InChI=1S/C14H23NO3S/c1-10(2)19(17,18)14-6-4-12(5-7-14)11(3)8-13(16)9-15/h4-7,10-11,13,16H,8-9,15H2,1-3H3. The summed E-state index contributed by atoms with van der Waals surface area (Å²) in [5.41, 5.74) is 6.39. The number of hydrogen-bond donors (Lipinski definition) is 2. The number of aliphatic hydroxyl groups excluding tert-OH is 1. The highest BCUT2D eigenvalue weighted by atomic mass is 32.2. The van der Waals surface area contributed by atoms with Gasteiger partial charge in [0.25, 0.3) is 0 Å². The third-order valence-corrected chi connectivity index (χ3v) is 5.47. The second-order valence-electron chi connectivity index (χ2n) is 5.19. The molecule has 1 aromatic carbocycles. The summed E-state index contributed by atoms with van der Waals surface area (Å²) in [4.78, 5) is 0.345. The first-order valence-corrected chi connectivity index (χ1v) is 8.05. The van der Waals surface area contributed by atoms with Crippen LogP contribution in [0.2, 0.25) is 0 Å². The van der Waals surface area contributed by atoms with Crippen LogP contribution in [0.4, 0.5) is 0 Å². The molecule has 108 valence electrons. The first-order valence-electron chi connectivity index (χ1n) is 6.51. The Labute approximate surface area is 115 Å². The van der Waals surface area contributed by atoms with Gasteiger partial charge in [-0.1, -0.05) is 19.1 Å². The molecule has 0 fully saturated rings. The Balaban J connectivity index is 2.88. The van der Waals surface area contributed by atoms with E-state index in [1.807, 2.05) is 19.1 Å². The SMILES string of the molecule is CC(CC(O)CN)c1ccc(S(=O)(=O)C(C)C)cc1. The van der Waals surface area contributed by atoms with Crippen molar-refractivity contribution in [2.24, 2.45) is 5.73 Å². The molecule has 0 aliphatic rings. The third kappa shape index (κ3) is 4.03. The lowest BCUT2D eigenvalue weighted by Crippen LogP contribution is -2.21. The van der Waals surface area contributed by atoms with Crippen molar-refractivity contribution in [3.05, 3.63) is 29.8 Å². The lowest BCUT2D eigenvalue weighted by atomic mass is 9.95. The minimum atomic E-state index is -3.22. The molecule has 0 saturated carbocycles. The van der Waals surface area contributed by atoms with Gasteiger partial charge < -0.3 is 10.8 Å². The number of nitrogens with two attached hydrogens (primary N) is 1. The lowest BCUT2D eigenvalue weighted by molar-refractivity contribution is 0.165. The molecule has 0 aliphatic carbocycles. The summed E-state index contributed by atoms with van der Waals surface area (Å²) in [6.07, 6.45) is 0.0568. The predicted molar refractivity (Wildman–Crippen MR) is 76.9 cm³/mol. The number of benzene rings is 1. The highest BCUT2D eigenvalue weighted by Crippen LogP contribution is 2.23. The predicted octanol–water partition coefficient (Wildman–Crippen LogP) is 1.68. The molecule has 3 N–H and O–H groups in total. The van der Waals surface area contributed by atoms with Crippen molar-refractivity contribution in [2.45, 2.75) is 49.4 Å². The average molecular weight is 285 g/mol. The smallest absolute Gasteiger partial charge is 0.180 e. The van der Waals surface area contributed by atoms with Gasteiger partial charge in [0.15, 0.2) is 9.84 Å². The van der Waals surface area contributed by atoms with E-state index < -0.39 is 21.2 Å². The van der Waals surface area contributed by atoms with E-state index in [1.54, 1.807) is 26.0 Å². The first kappa shape index (κ1) is 16.1. The fourth-order valence-corrected chi connectivity index (χ4v) is 2.96. The quantitative estimate of drug-likeness (QED) is 0.833. The molecule has 0 aromatic heterocycles. The molecule has 0 radical (unpaired) electrons. The summed E-state index contributed by atoms with van der Waals surface area (Å²) < 4.78 is 24.0. The van der Waals surface area contributed by atoms with Gasteiger partial charge in [-0.05, 0) is 43.9 Å². The van der Waals surface area contributed by atoms with Crippen LogP contribution in [0.15, 0.2) is 29.2 Å². The van der Waals surface area contributed by atoms with Crippen LogP contribution >= 0.6 is 0 Å². The number of hydrogen-bond acceptors (Lipinski definition) is 4. The molecule has 1 aromatic rings. The summed E-state index contributed by atoms with van der Waals surface area (Å²) in [6, 6.07) is 6.89. The normalized spacial score (nSPS) is 15.5. The number of sulfone groups is 1. The van der Waals surface area contributed by atoms with Crippen molar-refractivity contribution in [1.29, 1.82) is 0 Å². The van der Waals surface area contributed by atoms with E-state index in [2.05, 4.69) is 0 Å². The first-order chi connectivity index (χ1) is 8.78. The number of aliphatic hydroxyl groups is 1. The maximum absolute atomic E-state index is 12.0. The Kier molecular flexibility index (Phi) is 5.52. The van der Waals surface area contributed by atoms with Gasteiger partial charge in [-0.15, -0.1) is 0 Å². The largest absolute Gasteiger partial charge is 0.392 e. The van der Waals surface area contributed by atoms with Crippen LogP contribution in [0, 0.1) is 0 Å². The molecule has 4 nitrogen and oxygen atoms in total. The zero-order chi connectivity index (χ0) is 14.6. The van der Waals surface area contributed by atoms with Crippen LogP contribution in [0.5, 0.6) is 0 Å². The van der Waals surface area contributed by atoms with Gasteiger partial charge in [0.1, 0.15) is 0 Å². The van der Waals surface area contributed by atoms with E-state index >= 15 is 0 Å². The second-order valence-corrected chi connectivity index (χ2v) is 7.69. The molecule has 0 amide bonds. The topological polar surface area (TPSA) is 80.4 Å². The molecule has 2 atom stereocenters. The molecular formula is C14H23NO3S. The average Bonchev–Trinajstić information content (AvgIpc) is 2.38. The van der Waals surface area contributed by atoms with E-state index in [-0.39, 0.29) is 12.5 Å². The van der Waals surface area contributed by atoms with Crippen LogP contribution in [-0.2, 0) is 9.84 Å². The Hall–Kier alpha value is -0.910. The lowest BCUT2D eigenvalue weighted by Gasteiger charge is -2.16. The van der Waals surface area contributed by atoms with E-state index in [9.17, 15) is 13.5 Å². The van der Waals surface area contributed by atoms with E-state index in [0.717, 1.165) is 5.56 Å². The zero-order valence-electron chi connectivity index (χ0n) is 11.7. The monoisotopic (exact) mass is 285 g/mol. The Morgan fingerprint density at radius 1 is 1.16 bits per heavy atom. The van der Waals surface area contributed by atoms with Crippen LogP contribution in [0.25, 0.3) is 0 Å². The Morgan fingerprint density at radius 2 is 1.68 bits per heavy atom. The second kappa shape index (κ2) is 6.50. The van der Waals surface area contributed by atoms with Crippen LogP contribution in [0.1, 0.15) is 38.7 Å². The molecule has 0 aliphatic heterocycles. The van der Waals surface area contributed by atoms with Crippen molar-refractivity contribution >= 4 is 9.84 Å². The molecule has 0 heterocycles. The summed E-state index contributed by atoms with van der Waals surface area (Å²) >= 11 is 0. The molecule has 0 bridgehead atoms. The molecule has 0 saturated heterocycles. The minimum absolute atomic E-state index is 0.148. The van der Waals surface area contributed by atoms with Gasteiger partial charge in [0, 0.05) is 6.54 Å². The van der Waals surface area contributed by atoms with Crippen molar-refractivity contribution in [1.82, 2.24) is 0 Å². The van der Waals surface area contributed by atoms with Crippen molar-refractivity contribution in [3.8, 4) is 0 Å².